The second kappa shape index (κ2) is 10.1. The molecule has 1 amide bonds. The zero-order valence-electron chi connectivity index (χ0n) is 15.2. The third-order valence-electron chi connectivity index (χ3n) is 4.79. The van der Waals surface area contributed by atoms with Crippen LogP contribution in [0.4, 0.5) is 5.69 Å². The molecule has 150 valence electrons. The van der Waals surface area contributed by atoms with Crippen LogP contribution in [0.15, 0.2) is 34.2 Å². The number of hydrogen-bond donors (Lipinski definition) is 3. The molecule has 3 N–H and O–H groups in total. The van der Waals surface area contributed by atoms with E-state index < -0.39 is 10.0 Å². The summed E-state index contributed by atoms with van der Waals surface area (Å²) in [6.45, 7) is 2.69. The predicted molar refractivity (Wildman–Crippen MR) is 109 cm³/mol. The molecule has 0 aliphatic carbocycles. The highest BCUT2D eigenvalue weighted by Crippen LogP contribution is 2.20. The smallest absolute Gasteiger partial charge is 0.262 e. The Morgan fingerprint density at radius 1 is 1.26 bits per heavy atom. The second-order valence-electron chi connectivity index (χ2n) is 6.85. The molecule has 0 radical (unpaired) electrons. The molecule has 0 aromatic heterocycles. The number of nitrogens with zero attached hydrogens (tertiary/aromatic N) is 1. The van der Waals surface area contributed by atoms with Gasteiger partial charge in [-0.1, -0.05) is 6.07 Å². The maximum absolute atomic E-state index is 12.4. The quantitative estimate of drug-likeness (QED) is 0.664. The van der Waals surface area contributed by atoms with Gasteiger partial charge >= 0.3 is 0 Å². The molecule has 2 aliphatic rings. The Morgan fingerprint density at radius 2 is 2.04 bits per heavy atom. The highest BCUT2D eigenvalue weighted by molar-refractivity contribution is 7.90. The van der Waals surface area contributed by atoms with Crippen molar-refractivity contribution in [1.29, 1.82) is 0 Å². The van der Waals surface area contributed by atoms with Crippen molar-refractivity contribution >= 4 is 39.9 Å². The first-order chi connectivity index (χ1) is 12.5. The van der Waals surface area contributed by atoms with Gasteiger partial charge in [-0.05, 0) is 62.9 Å². The van der Waals surface area contributed by atoms with Crippen LogP contribution >= 0.6 is 12.4 Å². The maximum Gasteiger partial charge on any atom is 0.262 e. The summed E-state index contributed by atoms with van der Waals surface area (Å²) in [5.41, 5.74) is 0.497. The summed E-state index contributed by atoms with van der Waals surface area (Å²) in [4.78, 5) is 16.4. The fraction of sp³-hybridized carbons (Fsp3) is 0.556. The van der Waals surface area contributed by atoms with E-state index in [9.17, 15) is 13.2 Å². The Labute approximate surface area is 166 Å². The summed E-state index contributed by atoms with van der Waals surface area (Å²) in [6, 6.07) is 6.34. The number of aliphatic imine (C=N–C) groups is 1. The maximum atomic E-state index is 12.4. The number of rotatable bonds is 6. The molecule has 0 atom stereocenters. The molecule has 2 heterocycles. The Hall–Kier alpha value is -1.64. The van der Waals surface area contributed by atoms with Crippen molar-refractivity contribution in [3.05, 3.63) is 24.3 Å². The lowest BCUT2D eigenvalue weighted by molar-refractivity contribution is -0.116. The first-order valence-corrected chi connectivity index (χ1v) is 10.7. The minimum absolute atomic E-state index is 0. The van der Waals surface area contributed by atoms with Crippen molar-refractivity contribution in [2.75, 3.05) is 25.0 Å². The summed E-state index contributed by atoms with van der Waals surface area (Å²) in [5.74, 6) is 1.01. The monoisotopic (exact) mass is 414 g/mol. The molecule has 9 heteroatoms. The summed E-state index contributed by atoms with van der Waals surface area (Å²) in [5, 5.41) is 6.13. The molecule has 0 unspecified atom stereocenters. The number of amidine groups is 1. The second-order valence-corrected chi connectivity index (χ2v) is 8.53. The summed E-state index contributed by atoms with van der Waals surface area (Å²) in [7, 11) is -3.67. The van der Waals surface area contributed by atoms with E-state index >= 15 is 0 Å². The molecule has 0 bridgehead atoms. The molecule has 0 saturated carbocycles. The van der Waals surface area contributed by atoms with Crippen LogP contribution in [-0.4, -0.2) is 39.8 Å². The van der Waals surface area contributed by atoms with Crippen LogP contribution in [0.5, 0.6) is 0 Å². The topological polar surface area (TPSA) is 99.7 Å². The third kappa shape index (κ3) is 6.48. The fourth-order valence-corrected chi connectivity index (χ4v) is 4.44. The van der Waals surface area contributed by atoms with Gasteiger partial charge in [-0.25, -0.2) is 8.42 Å². The number of anilines is 1. The van der Waals surface area contributed by atoms with Crippen LogP contribution in [0.2, 0.25) is 0 Å². The van der Waals surface area contributed by atoms with Crippen molar-refractivity contribution in [2.45, 2.75) is 43.4 Å². The number of hydrogen-bond acceptors (Lipinski definition) is 5. The van der Waals surface area contributed by atoms with Crippen LogP contribution in [0.3, 0.4) is 0 Å². The average molecular weight is 415 g/mol. The third-order valence-corrected chi connectivity index (χ3v) is 6.17. The first-order valence-electron chi connectivity index (χ1n) is 9.20. The molecule has 27 heavy (non-hydrogen) atoms. The van der Waals surface area contributed by atoms with Crippen molar-refractivity contribution < 1.29 is 13.2 Å². The number of sulfonamides is 1. The number of halogens is 1. The van der Waals surface area contributed by atoms with E-state index in [1.54, 1.807) is 12.1 Å². The van der Waals surface area contributed by atoms with Gasteiger partial charge in [0.05, 0.1) is 4.90 Å². The Kier molecular flexibility index (Phi) is 8.07. The van der Waals surface area contributed by atoms with Crippen LogP contribution in [-0.2, 0) is 14.8 Å². The lowest BCUT2D eigenvalue weighted by Gasteiger charge is -2.22. The molecule has 0 spiro atoms. The van der Waals surface area contributed by atoms with Gasteiger partial charge in [0.1, 0.15) is 5.84 Å². The fourth-order valence-electron chi connectivity index (χ4n) is 3.31. The molecule has 1 saturated heterocycles. The van der Waals surface area contributed by atoms with Crippen LogP contribution in [0.1, 0.15) is 38.5 Å². The zero-order valence-corrected chi connectivity index (χ0v) is 16.9. The van der Waals surface area contributed by atoms with E-state index in [1.807, 2.05) is 0 Å². The number of amides is 1. The molecule has 2 aliphatic heterocycles. The van der Waals surface area contributed by atoms with Gasteiger partial charge < -0.3 is 10.6 Å². The largest absolute Gasteiger partial charge is 0.326 e. The predicted octanol–water partition coefficient (Wildman–Crippen LogP) is 2.30. The van der Waals surface area contributed by atoms with E-state index in [4.69, 9.17) is 0 Å². The minimum atomic E-state index is -3.67. The number of benzene rings is 1. The van der Waals surface area contributed by atoms with Gasteiger partial charge in [0.15, 0.2) is 0 Å². The van der Waals surface area contributed by atoms with E-state index in [0.717, 1.165) is 38.8 Å². The number of carbonyl (C=O) groups excluding carboxylic acids is 1. The summed E-state index contributed by atoms with van der Waals surface area (Å²) in [6.07, 6.45) is 5.05. The number of carbonyl (C=O) groups is 1. The zero-order chi connectivity index (χ0) is 18.4. The van der Waals surface area contributed by atoms with Gasteiger partial charge in [-0.3, -0.25) is 14.5 Å². The molecule has 3 rings (SSSR count). The number of nitrogens with one attached hydrogen (secondary N) is 3. The van der Waals surface area contributed by atoms with Crippen LogP contribution < -0.4 is 15.4 Å². The van der Waals surface area contributed by atoms with Crippen molar-refractivity contribution in [3.8, 4) is 0 Å². The molecule has 1 aromatic rings. The van der Waals surface area contributed by atoms with E-state index in [0.29, 0.717) is 36.8 Å². The van der Waals surface area contributed by atoms with Crippen molar-refractivity contribution in [1.82, 2.24) is 10.0 Å². The van der Waals surface area contributed by atoms with Gasteiger partial charge in [0.25, 0.3) is 10.0 Å². The summed E-state index contributed by atoms with van der Waals surface area (Å²) >= 11 is 0. The molecule has 7 nitrogen and oxygen atoms in total. The lowest BCUT2D eigenvalue weighted by atomic mass is 9.93. The van der Waals surface area contributed by atoms with Crippen molar-refractivity contribution in [3.63, 3.8) is 0 Å². The molecule has 1 fully saturated rings. The average Bonchev–Trinajstić information content (AvgIpc) is 3.13. The van der Waals surface area contributed by atoms with E-state index in [2.05, 4.69) is 20.3 Å². The Balaban J connectivity index is 0.00000261. The van der Waals surface area contributed by atoms with E-state index in [-0.39, 0.29) is 23.2 Å². The van der Waals surface area contributed by atoms with Crippen LogP contribution in [0.25, 0.3) is 0 Å². The number of piperidine rings is 1. The highest BCUT2D eigenvalue weighted by atomic mass is 35.5. The molecular weight excluding hydrogens is 388 g/mol. The van der Waals surface area contributed by atoms with Gasteiger partial charge in [0, 0.05) is 25.1 Å². The highest BCUT2D eigenvalue weighted by Gasteiger charge is 2.19. The molecule has 1 aromatic carbocycles. The minimum Gasteiger partial charge on any atom is -0.326 e. The van der Waals surface area contributed by atoms with E-state index in [1.165, 1.54) is 12.1 Å². The summed E-state index contributed by atoms with van der Waals surface area (Å²) < 4.78 is 27.4. The lowest BCUT2D eigenvalue weighted by Crippen LogP contribution is -2.29. The molecular formula is C18H27ClN4O3S. The SMILES string of the molecule is Cl.O=C(CCC1CCNCC1)Nc1cccc(S(=O)(=O)NC2=NCCC2)c1. The first kappa shape index (κ1) is 21.7. The normalized spacial score (nSPS) is 17.7. The Bertz CT molecular complexity index is 777. The van der Waals surface area contributed by atoms with Crippen molar-refractivity contribution in [2.24, 2.45) is 10.9 Å². The van der Waals surface area contributed by atoms with Gasteiger partial charge in [0.2, 0.25) is 5.91 Å². The van der Waals surface area contributed by atoms with Gasteiger partial charge in [-0.15, -0.1) is 12.4 Å². The Morgan fingerprint density at radius 3 is 2.74 bits per heavy atom. The van der Waals surface area contributed by atoms with Crippen LogP contribution in [0, 0.1) is 5.92 Å². The van der Waals surface area contributed by atoms with Gasteiger partial charge in [-0.2, -0.15) is 0 Å². The standard InChI is InChI=1S/C18H26N4O3S.ClH/c23-18(7-6-14-8-11-19-12-9-14)21-15-3-1-4-16(13-15)26(24,25)22-17-5-2-10-20-17;/h1,3-4,13-14,19H,2,5-12H2,(H,20,22)(H,21,23);1H.